The van der Waals surface area contributed by atoms with Crippen molar-refractivity contribution in [2.75, 3.05) is 0 Å². The van der Waals surface area contributed by atoms with Crippen molar-refractivity contribution in [3.05, 3.63) is 33.5 Å². The molecule has 0 bridgehead atoms. The number of hydrogen-bond donors (Lipinski definition) is 0. The molecule has 0 saturated carbocycles. The lowest BCUT2D eigenvalue weighted by molar-refractivity contribution is 0.464. The van der Waals surface area contributed by atoms with Gasteiger partial charge in [0.25, 0.3) is 0 Å². The zero-order valence-corrected chi connectivity index (χ0v) is 12.7. The van der Waals surface area contributed by atoms with E-state index >= 15 is 0 Å². The summed E-state index contributed by atoms with van der Waals surface area (Å²) in [5.41, 5.74) is -0.0647. The molecular weight excluding hydrogens is 266 g/mol. The Morgan fingerprint density at radius 3 is 2.61 bits per heavy atom. The van der Waals surface area contributed by atoms with Crippen LogP contribution in [0.3, 0.4) is 0 Å². The first-order chi connectivity index (χ1) is 8.45. The number of aromatic nitrogens is 3. The van der Waals surface area contributed by atoms with E-state index in [1.807, 2.05) is 0 Å². The van der Waals surface area contributed by atoms with Crippen molar-refractivity contribution in [1.29, 1.82) is 0 Å². The molecule has 0 N–H and O–H groups in total. The highest BCUT2D eigenvalue weighted by atomic mass is 35.5. The predicted molar refractivity (Wildman–Crippen MR) is 76.5 cm³/mol. The molecule has 0 spiro atoms. The summed E-state index contributed by atoms with van der Waals surface area (Å²) < 4.78 is 2.06. The molecule has 2 heterocycles. The zero-order valence-electron chi connectivity index (χ0n) is 11.1. The molecule has 0 fully saturated rings. The van der Waals surface area contributed by atoms with E-state index in [2.05, 4.69) is 60.0 Å². The van der Waals surface area contributed by atoms with Gasteiger partial charge in [0.15, 0.2) is 0 Å². The van der Waals surface area contributed by atoms with Gasteiger partial charge in [0.2, 0.25) is 5.28 Å². The fraction of sp³-hybridized carbons (Fsp3) is 0.538. The van der Waals surface area contributed by atoms with Crippen LogP contribution >= 0.6 is 22.9 Å². The van der Waals surface area contributed by atoms with Gasteiger partial charge >= 0.3 is 0 Å². The van der Waals surface area contributed by atoms with E-state index in [0.717, 1.165) is 12.2 Å². The molecule has 1 atom stereocenters. The first kappa shape index (κ1) is 13.6. The maximum Gasteiger partial charge on any atom is 0.225 e. The normalized spacial score (nSPS) is 13.8. The molecule has 0 saturated heterocycles. The average Bonchev–Trinajstić information content (AvgIpc) is 2.90. The highest BCUT2D eigenvalue weighted by molar-refractivity contribution is 7.10. The van der Waals surface area contributed by atoms with Gasteiger partial charge in [-0.05, 0) is 29.5 Å². The Hall–Kier alpha value is -0.870. The molecule has 5 heteroatoms. The van der Waals surface area contributed by atoms with Crippen molar-refractivity contribution < 1.29 is 0 Å². The number of rotatable bonds is 3. The Labute approximate surface area is 117 Å². The summed E-state index contributed by atoms with van der Waals surface area (Å²) in [6.45, 7) is 8.55. The van der Waals surface area contributed by atoms with E-state index in [1.165, 1.54) is 4.88 Å². The monoisotopic (exact) mass is 283 g/mol. The third-order valence-electron chi connectivity index (χ3n) is 2.90. The van der Waals surface area contributed by atoms with Crippen LogP contribution in [-0.2, 0) is 5.41 Å². The SMILES string of the molecule is CCC(c1cccs1)n1c(Cl)nnc1C(C)(C)C. The van der Waals surface area contributed by atoms with Crippen molar-refractivity contribution in [1.82, 2.24) is 14.8 Å². The summed E-state index contributed by atoms with van der Waals surface area (Å²) in [7, 11) is 0. The second-order valence-corrected chi connectivity index (χ2v) is 6.67. The van der Waals surface area contributed by atoms with E-state index in [9.17, 15) is 0 Å². The van der Waals surface area contributed by atoms with Crippen LogP contribution in [0.1, 0.15) is 50.9 Å². The summed E-state index contributed by atoms with van der Waals surface area (Å²) in [6, 6.07) is 4.43. The third kappa shape index (κ3) is 2.45. The molecule has 0 aliphatic carbocycles. The topological polar surface area (TPSA) is 30.7 Å². The predicted octanol–water partition coefficient (Wildman–Crippen LogP) is 4.29. The molecule has 0 aliphatic rings. The zero-order chi connectivity index (χ0) is 13.3. The number of nitrogens with zero attached hydrogens (tertiary/aromatic N) is 3. The van der Waals surface area contributed by atoms with Crippen LogP contribution in [0.5, 0.6) is 0 Å². The molecule has 2 aromatic rings. The van der Waals surface area contributed by atoms with Gasteiger partial charge in [-0.25, -0.2) is 0 Å². The van der Waals surface area contributed by atoms with Crippen molar-refractivity contribution in [3.8, 4) is 0 Å². The van der Waals surface area contributed by atoms with Crippen molar-refractivity contribution in [2.45, 2.75) is 45.6 Å². The van der Waals surface area contributed by atoms with E-state index in [0.29, 0.717) is 5.28 Å². The summed E-state index contributed by atoms with van der Waals surface area (Å²) in [6.07, 6.45) is 0.974. The Morgan fingerprint density at radius 2 is 2.11 bits per heavy atom. The minimum Gasteiger partial charge on any atom is -0.293 e. The quantitative estimate of drug-likeness (QED) is 0.841. The molecule has 1 unspecified atom stereocenters. The Kier molecular flexibility index (Phi) is 3.78. The van der Waals surface area contributed by atoms with Crippen LogP contribution in [0, 0.1) is 0 Å². The van der Waals surface area contributed by atoms with Crippen LogP contribution in [-0.4, -0.2) is 14.8 Å². The largest absolute Gasteiger partial charge is 0.293 e. The van der Waals surface area contributed by atoms with Gasteiger partial charge in [0, 0.05) is 10.3 Å². The van der Waals surface area contributed by atoms with Crippen LogP contribution in [0.4, 0.5) is 0 Å². The molecule has 0 amide bonds. The van der Waals surface area contributed by atoms with Crippen LogP contribution in [0.2, 0.25) is 5.28 Å². The minimum atomic E-state index is -0.0647. The van der Waals surface area contributed by atoms with Gasteiger partial charge < -0.3 is 0 Å². The second-order valence-electron chi connectivity index (χ2n) is 5.35. The molecule has 2 aromatic heterocycles. The highest BCUT2D eigenvalue weighted by Gasteiger charge is 2.28. The van der Waals surface area contributed by atoms with E-state index < -0.39 is 0 Å². The van der Waals surface area contributed by atoms with E-state index in [4.69, 9.17) is 11.6 Å². The summed E-state index contributed by atoms with van der Waals surface area (Å²) in [5.74, 6) is 0.938. The van der Waals surface area contributed by atoms with E-state index in [1.54, 1.807) is 11.3 Å². The van der Waals surface area contributed by atoms with Gasteiger partial charge in [-0.15, -0.1) is 21.5 Å². The fourth-order valence-corrected chi connectivity index (χ4v) is 3.19. The number of thiophene rings is 1. The maximum absolute atomic E-state index is 6.24. The molecule has 0 aliphatic heterocycles. The molecule has 18 heavy (non-hydrogen) atoms. The summed E-state index contributed by atoms with van der Waals surface area (Å²) >= 11 is 7.98. The van der Waals surface area contributed by atoms with Crippen molar-refractivity contribution in [2.24, 2.45) is 0 Å². The Morgan fingerprint density at radius 1 is 1.39 bits per heavy atom. The summed E-state index contributed by atoms with van der Waals surface area (Å²) in [5, 5.41) is 10.9. The van der Waals surface area contributed by atoms with Gasteiger partial charge in [-0.3, -0.25) is 4.57 Å². The third-order valence-corrected chi connectivity index (χ3v) is 4.13. The lowest BCUT2D eigenvalue weighted by Crippen LogP contribution is -2.22. The van der Waals surface area contributed by atoms with Gasteiger partial charge in [0.05, 0.1) is 6.04 Å². The molecular formula is C13H18ClN3S. The Bertz CT molecular complexity index is 511. The van der Waals surface area contributed by atoms with Crippen LogP contribution in [0.25, 0.3) is 0 Å². The van der Waals surface area contributed by atoms with E-state index in [-0.39, 0.29) is 11.5 Å². The van der Waals surface area contributed by atoms with Crippen molar-refractivity contribution >= 4 is 22.9 Å². The number of hydrogen-bond acceptors (Lipinski definition) is 3. The average molecular weight is 284 g/mol. The lowest BCUT2D eigenvalue weighted by Gasteiger charge is -2.24. The maximum atomic E-state index is 6.24. The molecule has 3 nitrogen and oxygen atoms in total. The minimum absolute atomic E-state index is 0.0647. The van der Waals surface area contributed by atoms with Gasteiger partial charge in [0.1, 0.15) is 5.82 Å². The fourth-order valence-electron chi connectivity index (χ4n) is 2.05. The van der Waals surface area contributed by atoms with Crippen LogP contribution in [0.15, 0.2) is 17.5 Å². The van der Waals surface area contributed by atoms with Gasteiger partial charge in [-0.2, -0.15) is 0 Å². The molecule has 2 rings (SSSR count). The lowest BCUT2D eigenvalue weighted by atomic mass is 9.95. The van der Waals surface area contributed by atoms with Crippen LogP contribution < -0.4 is 0 Å². The molecule has 98 valence electrons. The van der Waals surface area contributed by atoms with Gasteiger partial charge in [-0.1, -0.05) is 33.8 Å². The molecule has 0 aromatic carbocycles. The number of halogens is 1. The van der Waals surface area contributed by atoms with Crippen molar-refractivity contribution in [3.63, 3.8) is 0 Å². The standard InChI is InChI=1S/C13H18ClN3S/c1-5-9(10-7-6-8-18-10)17-11(13(2,3)4)15-16-12(17)14/h6-9H,5H2,1-4H3. The Balaban J connectivity index is 2.52. The molecule has 0 radical (unpaired) electrons. The second kappa shape index (κ2) is 5.02. The summed E-state index contributed by atoms with van der Waals surface area (Å²) in [4.78, 5) is 1.30. The first-order valence-corrected chi connectivity index (χ1v) is 7.35. The smallest absolute Gasteiger partial charge is 0.225 e. The first-order valence-electron chi connectivity index (χ1n) is 6.09. The highest BCUT2D eigenvalue weighted by Crippen LogP contribution is 2.33.